The highest BCUT2D eigenvalue weighted by Crippen LogP contribution is 2.37. The van der Waals surface area contributed by atoms with Crippen molar-refractivity contribution in [3.63, 3.8) is 0 Å². The third-order valence-corrected chi connectivity index (χ3v) is 3.76. The first-order valence-electron chi connectivity index (χ1n) is 6.44. The largest absolute Gasteiger partial charge is 0.273 e. The summed E-state index contributed by atoms with van der Waals surface area (Å²) in [7, 11) is 0. The molecule has 0 radical (unpaired) electrons. The average Bonchev–Trinajstić information content (AvgIpc) is 2.54. The average molecular weight is 248 g/mol. The van der Waals surface area contributed by atoms with Gasteiger partial charge in [0.1, 0.15) is 0 Å². The number of hydrogen-bond acceptors (Lipinski definition) is 3. The Bertz CT molecular complexity index is 433. The van der Waals surface area contributed by atoms with Crippen LogP contribution in [0.15, 0.2) is 23.3 Å². The van der Waals surface area contributed by atoms with E-state index in [2.05, 4.69) is 26.0 Å². The standard InChI is InChI=1S/C14H20N2O2/c1-9(2)4-3-5-10-6-7-11-12(8-10)14(18)16(15)13(11)17/h4,6,11-12H,3,5,7-8,15H2,1-2H3/t11-,12-/m1/s1. The second-order valence-electron chi connectivity index (χ2n) is 5.38. The fourth-order valence-electron chi connectivity index (χ4n) is 2.71. The molecule has 0 bridgehead atoms. The molecule has 98 valence electrons. The Balaban J connectivity index is 2.00. The van der Waals surface area contributed by atoms with Gasteiger partial charge < -0.3 is 0 Å². The number of fused-ring (bicyclic) bond motifs is 1. The normalized spacial score (nSPS) is 27.1. The molecule has 1 aliphatic carbocycles. The second kappa shape index (κ2) is 5.06. The first-order valence-corrected chi connectivity index (χ1v) is 6.44. The van der Waals surface area contributed by atoms with E-state index in [-0.39, 0.29) is 23.7 Å². The number of hydrazine groups is 1. The predicted molar refractivity (Wildman–Crippen MR) is 69.0 cm³/mol. The SMILES string of the molecule is CC(C)=CCCC1=CC[C@H]2C(=O)N(N)C(=O)[C@@H]2C1. The minimum Gasteiger partial charge on any atom is -0.273 e. The lowest BCUT2D eigenvalue weighted by Gasteiger charge is -2.21. The highest BCUT2D eigenvalue weighted by Gasteiger charge is 2.47. The topological polar surface area (TPSA) is 63.4 Å². The molecule has 0 aromatic heterocycles. The zero-order valence-electron chi connectivity index (χ0n) is 11.0. The molecule has 2 rings (SSSR count). The molecule has 18 heavy (non-hydrogen) atoms. The fourth-order valence-corrected chi connectivity index (χ4v) is 2.71. The summed E-state index contributed by atoms with van der Waals surface area (Å²) in [5.74, 6) is 4.61. The van der Waals surface area contributed by atoms with Gasteiger partial charge in [0.15, 0.2) is 0 Å². The number of imide groups is 1. The van der Waals surface area contributed by atoms with Crippen LogP contribution in [-0.2, 0) is 9.59 Å². The van der Waals surface area contributed by atoms with Gasteiger partial charge in [0.05, 0.1) is 11.8 Å². The Morgan fingerprint density at radius 2 is 2.06 bits per heavy atom. The smallest absolute Gasteiger partial charge is 0.247 e. The monoisotopic (exact) mass is 248 g/mol. The summed E-state index contributed by atoms with van der Waals surface area (Å²) >= 11 is 0. The van der Waals surface area contributed by atoms with Crippen LogP contribution in [0.25, 0.3) is 0 Å². The van der Waals surface area contributed by atoms with Crippen LogP contribution in [-0.4, -0.2) is 16.8 Å². The minimum absolute atomic E-state index is 0.210. The van der Waals surface area contributed by atoms with Gasteiger partial charge in [0, 0.05) is 0 Å². The highest BCUT2D eigenvalue weighted by molar-refractivity contribution is 6.04. The lowest BCUT2D eigenvalue weighted by molar-refractivity contribution is -0.140. The molecular weight excluding hydrogens is 228 g/mol. The van der Waals surface area contributed by atoms with Crippen LogP contribution >= 0.6 is 0 Å². The maximum Gasteiger partial charge on any atom is 0.247 e. The third kappa shape index (κ3) is 2.38. The quantitative estimate of drug-likeness (QED) is 0.359. The number of rotatable bonds is 3. The second-order valence-corrected chi connectivity index (χ2v) is 5.38. The molecule has 1 saturated heterocycles. The molecule has 1 fully saturated rings. The van der Waals surface area contributed by atoms with E-state index in [0.717, 1.165) is 17.9 Å². The van der Waals surface area contributed by atoms with Gasteiger partial charge in [-0.1, -0.05) is 23.3 Å². The molecule has 0 aromatic carbocycles. The summed E-state index contributed by atoms with van der Waals surface area (Å²) in [5.41, 5.74) is 2.59. The highest BCUT2D eigenvalue weighted by atomic mass is 16.2. The van der Waals surface area contributed by atoms with Crippen LogP contribution in [0.1, 0.15) is 39.5 Å². The van der Waals surface area contributed by atoms with Gasteiger partial charge >= 0.3 is 0 Å². The van der Waals surface area contributed by atoms with E-state index in [1.807, 2.05) is 0 Å². The first-order chi connectivity index (χ1) is 8.50. The van der Waals surface area contributed by atoms with Crippen LogP contribution in [0, 0.1) is 11.8 Å². The summed E-state index contributed by atoms with van der Waals surface area (Å²) < 4.78 is 0. The Morgan fingerprint density at radius 1 is 1.39 bits per heavy atom. The van der Waals surface area contributed by atoms with E-state index in [1.54, 1.807) is 0 Å². The van der Waals surface area contributed by atoms with Crippen LogP contribution < -0.4 is 5.84 Å². The number of hydrogen-bond donors (Lipinski definition) is 1. The Hall–Kier alpha value is -1.42. The van der Waals surface area contributed by atoms with E-state index in [1.165, 1.54) is 11.1 Å². The van der Waals surface area contributed by atoms with Crippen molar-refractivity contribution >= 4 is 11.8 Å². The lowest BCUT2D eigenvalue weighted by atomic mass is 9.80. The third-order valence-electron chi connectivity index (χ3n) is 3.76. The molecule has 2 atom stereocenters. The molecule has 2 N–H and O–H groups in total. The van der Waals surface area contributed by atoms with Gasteiger partial charge in [-0.25, -0.2) is 10.9 Å². The van der Waals surface area contributed by atoms with Crippen molar-refractivity contribution in [3.05, 3.63) is 23.3 Å². The Labute approximate surface area is 107 Å². The number of allylic oxidation sites excluding steroid dienone is 4. The molecular formula is C14H20N2O2. The van der Waals surface area contributed by atoms with Gasteiger partial charge in [0.2, 0.25) is 11.8 Å². The van der Waals surface area contributed by atoms with Crippen LogP contribution in [0.3, 0.4) is 0 Å². The van der Waals surface area contributed by atoms with Gasteiger partial charge in [-0.3, -0.25) is 9.59 Å². The van der Waals surface area contributed by atoms with Crippen molar-refractivity contribution in [1.82, 2.24) is 5.01 Å². The molecule has 2 aliphatic rings. The zero-order valence-corrected chi connectivity index (χ0v) is 11.0. The van der Waals surface area contributed by atoms with E-state index >= 15 is 0 Å². The lowest BCUT2D eigenvalue weighted by Crippen LogP contribution is -2.37. The summed E-state index contributed by atoms with van der Waals surface area (Å²) in [4.78, 5) is 23.5. The van der Waals surface area contributed by atoms with Crippen LogP contribution in [0.4, 0.5) is 0 Å². The van der Waals surface area contributed by atoms with Gasteiger partial charge in [0.25, 0.3) is 0 Å². The number of carbonyl (C=O) groups excluding carboxylic acids is 2. The Kier molecular flexibility index (Phi) is 3.66. The number of amides is 2. The minimum atomic E-state index is -0.218. The number of nitrogens with two attached hydrogens (primary N) is 1. The van der Waals surface area contributed by atoms with Crippen molar-refractivity contribution in [1.29, 1.82) is 0 Å². The number of nitrogens with zero attached hydrogens (tertiary/aromatic N) is 1. The molecule has 0 saturated carbocycles. The predicted octanol–water partition coefficient (Wildman–Crippen LogP) is 1.93. The summed E-state index contributed by atoms with van der Waals surface area (Å²) in [6, 6.07) is 0. The maximum atomic E-state index is 11.8. The van der Waals surface area contributed by atoms with Crippen molar-refractivity contribution < 1.29 is 9.59 Å². The van der Waals surface area contributed by atoms with Crippen LogP contribution in [0.2, 0.25) is 0 Å². The molecule has 2 amide bonds. The zero-order chi connectivity index (χ0) is 13.3. The molecule has 0 aromatic rings. The van der Waals surface area contributed by atoms with Crippen molar-refractivity contribution in [2.24, 2.45) is 17.7 Å². The fraction of sp³-hybridized carbons (Fsp3) is 0.571. The van der Waals surface area contributed by atoms with E-state index < -0.39 is 0 Å². The van der Waals surface area contributed by atoms with Crippen LogP contribution in [0.5, 0.6) is 0 Å². The summed E-state index contributed by atoms with van der Waals surface area (Å²) in [6.45, 7) is 4.16. The maximum absolute atomic E-state index is 11.8. The van der Waals surface area contributed by atoms with Gasteiger partial charge in [-0.05, 0) is 39.5 Å². The molecule has 1 heterocycles. The van der Waals surface area contributed by atoms with Crippen molar-refractivity contribution in [3.8, 4) is 0 Å². The molecule has 4 heteroatoms. The first kappa shape index (κ1) is 13.0. The molecule has 4 nitrogen and oxygen atoms in total. The molecule has 1 aliphatic heterocycles. The van der Waals surface area contributed by atoms with Gasteiger partial charge in [-0.2, -0.15) is 0 Å². The molecule has 0 unspecified atom stereocenters. The van der Waals surface area contributed by atoms with Gasteiger partial charge in [-0.15, -0.1) is 0 Å². The summed E-state index contributed by atoms with van der Waals surface area (Å²) in [5, 5.41) is 0.808. The number of carbonyl (C=O) groups is 2. The molecule has 0 spiro atoms. The summed E-state index contributed by atoms with van der Waals surface area (Å²) in [6.07, 6.45) is 7.64. The van der Waals surface area contributed by atoms with E-state index in [4.69, 9.17) is 5.84 Å². The Morgan fingerprint density at radius 3 is 2.72 bits per heavy atom. The van der Waals surface area contributed by atoms with Crippen molar-refractivity contribution in [2.45, 2.75) is 39.5 Å². The van der Waals surface area contributed by atoms with E-state index in [0.29, 0.717) is 12.8 Å². The van der Waals surface area contributed by atoms with Crippen molar-refractivity contribution in [2.75, 3.05) is 0 Å². The van der Waals surface area contributed by atoms with E-state index in [9.17, 15) is 9.59 Å².